The highest BCUT2D eigenvalue weighted by atomic mass is 35.5. The zero-order valence-corrected chi connectivity index (χ0v) is 8.18. The van der Waals surface area contributed by atoms with Crippen molar-refractivity contribution in [2.75, 3.05) is 5.88 Å². The van der Waals surface area contributed by atoms with Crippen LogP contribution in [0.4, 0.5) is 4.39 Å². The van der Waals surface area contributed by atoms with Gasteiger partial charge >= 0.3 is 0 Å². The van der Waals surface area contributed by atoms with E-state index in [-0.39, 0.29) is 11.2 Å². The molecule has 0 radical (unpaired) electrons. The van der Waals surface area contributed by atoms with Crippen molar-refractivity contribution in [3.63, 3.8) is 0 Å². The quantitative estimate of drug-likeness (QED) is 0.668. The first-order chi connectivity index (χ1) is 6.16. The van der Waals surface area contributed by atoms with Gasteiger partial charge in [-0.1, -0.05) is 6.92 Å². The molecule has 1 aromatic rings. The van der Waals surface area contributed by atoms with Crippen LogP contribution in [0, 0.1) is 11.7 Å². The Hall–Kier alpha value is -0.630. The van der Waals surface area contributed by atoms with Crippen LogP contribution in [0.2, 0.25) is 0 Å². The van der Waals surface area contributed by atoms with Crippen molar-refractivity contribution >= 4 is 11.6 Å². The molecule has 1 saturated carbocycles. The Balaban J connectivity index is 2.23. The molecule has 3 heteroatoms. The molecule has 2 unspecified atom stereocenters. The maximum absolute atomic E-state index is 12.6. The summed E-state index contributed by atoms with van der Waals surface area (Å²) in [6.45, 7) is 2.13. The van der Waals surface area contributed by atoms with Crippen LogP contribution in [-0.2, 0) is 5.41 Å². The summed E-state index contributed by atoms with van der Waals surface area (Å²) in [7, 11) is 0. The standard InChI is InChI=1S/C10H11ClFN/c1-10(4-7(10)5-11)9-3-2-8(12)6-13-9/h2-3,6-7H,4-5H2,1H3. The monoisotopic (exact) mass is 199 g/mol. The van der Waals surface area contributed by atoms with Crippen LogP contribution >= 0.6 is 11.6 Å². The minimum atomic E-state index is -0.282. The van der Waals surface area contributed by atoms with E-state index in [0.29, 0.717) is 11.8 Å². The van der Waals surface area contributed by atoms with E-state index >= 15 is 0 Å². The van der Waals surface area contributed by atoms with E-state index in [1.165, 1.54) is 12.3 Å². The number of hydrogen-bond acceptors (Lipinski definition) is 1. The lowest BCUT2D eigenvalue weighted by Gasteiger charge is -2.08. The predicted octanol–water partition coefficient (Wildman–Crippen LogP) is 2.74. The third-order valence-electron chi connectivity index (χ3n) is 2.91. The number of hydrogen-bond donors (Lipinski definition) is 0. The summed E-state index contributed by atoms with van der Waals surface area (Å²) in [5.41, 5.74) is 1.05. The third-order valence-corrected chi connectivity index (χ3v) is 3.28. The Morgan fingerprint density at radius 2 is 2.46 bits per heavy atom. The van der Waals surface area contributed by atoms with Crippen LogP contribution in [0.15, 0.2) is 18.3 Å². The van der Waals surface area contributed by atoms with Crippen LogP contribution in [0.1, 0.15) is 19.0 Å². The largest absolute Gasteiger partial charge is 0.258 e. The predicted molar refractivity (Wildman–Crippen MR) is 50.4 cm³/mol. The second-order valence-corrected chi connectivity index (χ2v) is 4.14. The maximum Gasteiger partial charge on any atom is 0.141 e. The fourth-order valence-electron chi connectivity index (χ4n) is 1.71. The van der Waals surface area contributed by atoms with Gasteiger partial charge in [0, 0.05) is 17.0 Å². The van der Waals surface area contributed by atoms with Crippen molar-refractivity contribution in [2.24, 2.45) is 5.92 Å². The minimum Gasteiger partial charge on any atom is -0.258 e. The molecule has 1 aliphatic carbocycles. The van der Waals surface area contributed by atoms with E-state index in [2.05, 4.69) is 11.9 Å². The topological polar surface area (TPSA) is 12.9 Å². The number of pyridine rings is 1. The number of alkyl halides is 1. The van der Waals surface area contributed by atoms with Gasteiger partial charge in [0.15, 0.2) is 0 Å². The molecule has 1 heterocycles. The summed E-state index contributed by atoms with van der Waals surface area (Å²) in [4.78, 5) is 4.08. The zero-order chi connectivity index (χ0) is 9.47. The lowest BCUT2D eigenvalue weighted by atomic mass is 10.0. The molecule has 1 nitrogen and oxygen atoms in total. The smallest absolute Gasteiger partial charge is 0.141 e. The first kappa shape index (κ1) is 8.95. The number of rotatable bonds is 2. The van der Waals surface area contributed by atoms with E-state index < -0.39 is 0 Å². The van der Waals surface area contributed by atoms with Crippen molar-refractivity contribution in [3.05, 3.63) is 29.8 Å². The Morgan fingerprint density at radius 3 is 2.92 bits per heavy atom. The van der Waals surface area contributed by atoms with Crippen LogP contribution in [0.3, 0.4) is 0 Å². The van der Waals surface area contributed by atoms with E-state index in [1.807, 2.05) is 0 Å². The van der Waals surface area contributed by atoms with Crippen molar-refractivity contribution in [3.8, 4) is 0 Å². The van der Waals surface area contributed by atoms with Gasteiger partial charge in [-0.25, -0.2) is 4.39 Å². The molecule has 0 aromatic carbocycles. The molecule has 0 amide bonds. The van der Waals surface area contributed by atoms with Gasteiger partial charge in [0.25, 0.3) is 0 Å². The molecule has 0 N–H and O–H groups in total. The zero-order valence-electron chi connectivity index (χ0n) is 7.43. The Kier molecular flexibility index (Phi) is 2.03. The first-order valence-corrected chi connectivity index (χ1v) is 4.88. The molecule has 70 valence electrons. The van der Waals surface area contributed by atoms with Gasteiger partial charge < -0.3 is 0 Å². The first-order valence-electron chi connectivity index (χ1n) is 4.35. The van der Waals surface area contributed by atoms with Gasteiger partial charge in [-0.15, -0.1) is 11.6 Å². The van der Waals surface area contributed by atoms with E-state index in [9.17, 15) is 4.39 Å². The molecular formula is C10H11ClFN. The molecule has 0 spiro atoms. The van der Waals surface area contributed by atoms with Crippen molar-refractivity contribution in [1.82, 2.24) is 4.98 Å². The second kappa shape index (κ2) is 2.95. The molecule has 0 aliphatic heterocycles. The van der Waals surface area contributed by atoms with Gasteiger partial charge in [-0.3, -0.25) is 4.98 Å². The summed E-state index contributed by atoms with van der Waals surface area (Å²) >= 11 is 5.76. The van der Waals surface area contributed by atoms with Crippen molar-refractivity contribution in [2.45, 2.75) is 18.8 Å². The molecule has 2 rings (SSSR count). The summed E-state index contributed by atoms with van der Waals surface area (Å²) in [5.74, 6) is 0.887. The third kappa shape index (κ3) is 1.44. The molecular weight excluding hydrogens is 189 g/mol. The number of aromatic nitrogens is 1. The highest BCUT2D eigenvalue weighted by molar-refractivity contribution is 6.18. The average molecular weight is 200 g/mol. The molecule has 1 aliphatic rings. The molecule has 1 aromatic heterocycles. The molecule has 0 bridgehead atoms. The van der Waals surface area contributed by atoms with Crippen LogP contribution in [0.25, 0.3) is 0 Å². The van der Waals surface area contributed by atoms with Gasteiger partial charge in [-0.05, 0) is 24.5 Å². The second-order valence-electron chi connectivity index (χ2n) is 3.83. The lowest BCUT2D eigenvalue weighted by molar-refractivity contribution is 0.609. The summed E-state index contributed by atoms with van der Waals surface area (Å²) < 4.78 is 12.6. The Labute approximate surface area is 81.9 Å². The number of nitrogens with zero attached hydrogens (tertiary/aromatic N) is 1. The summed E-state index contributed by atoms with van der Waals surface area (Å²) in [6.07, 6.45) is 2.33. The van der Waals surface area contributed by atoms with E-state index in [1.54, 1.807) is 6.07 Å². The van der Waals surface area contributed by atoms with Crippen LogP contribution < -0.4 is 0 Å². The van der Waals surface area contributed by atoms with Crippen molar-refractivity contribution < 1.29 is 4.39 Å². The average Bonchev–Trinajstić information content (AvgIpc) is 2.80. The normalized spacial score (nSPS) is 31.8. The van der Waals surface area contributed by atoms with E-state index in [0.717, 1.165) is 12.1 Å². The Morgan fingerprint density at radius 1 is 1.69 bits per heavy atom. The minimum absolute atomic E-state index is 0.0927. The van der Waals surface area contributed by atoms with Crippen LogP contribution in [0.5, 0.6) is 0 Å². The maximum atomic E-state index is 12.6. The highest BCUT2D eigenvalue weighted by Gasteiger charge is 2.51. The van der Waals surface area contributed by atoms with Gasteiger partial charge in [0.1, 0.15) is 5.82 Å². The van der Waals surface area contributed by atoms with Crippen LogP contribution in [-0.4, -0.2) is 10.9 Å². The highest BCUT2D eigenvalue weighted by Crippen LogP contribution is 2.53. The fraction of sp³-hybridized carbons (Fsp3) is 0.500. The van der Waals surface area contributed by atoms with Crippen molar-refractivity contribution in [1.29, 1.82) is 0 Å². The fourth-order valence-corrected chi connectivity index (χ4v) is 2.15. The summed E-state index contributed by atoms with van der Waals surface area (Å²) in [5, 5.41) is 0. The van der Waals surface area contributed by atoms with Gasteiger partial charge in [0.05, 0.1) is 6.20 Å². The molecule has 1 fully saturated rings. The van der Waals surface area contributed by atoms with E-state index in [4.69, 9.17) is 11.6 Å². The molecule has 13 heavy (non-hydrogen) atoms. The summed E-state index contributed by atoms with van der Waals surface area (Å²) in [6, 6.07) is 3.21. The molecule has 2 atom stereocenters. The number of halogens is 2. The lowest BCUT2D eigenvalue weighted by Crippen LogP contribution is -2.07. The SMILES string of the molecule is CC1(c2ccc(F)cn2)CC1CCl. The molecule has 0 saturated heterocycles. The van der Waals surface area contributed by atoms with Gasteiger partial charge in [-0.2, -0.15) is 0 Å². The van der Waals surface area contributed by atoms with Gasteiger partial charge in [0.2, 0.25) is 0 Å². The Bertz CT molecular complexity index is 311.